The fourth-order valence-electron chi connectivity index (χ4n) is 2.15. The summed E-state index contributed by atoms with van der Waals surface area (Å²) in [6.07, 6.45) is 2.12. The van der Waals surface area contributed by atoms with Gasteiger partial charge in [0.25, 0.3) is 0 Å². The maximum Gasteiger partial charge on any atom is 0.323 e. The zero-order valence-electron chi connectivity index (χ0n) is 10.2. The standard InChI is InChI=1S/C13H16FNO3/c1-18-11-4-3-10(14)7-9(11)8-15-13(12(16)17)5-2-6-13/h3-4,7,15H,2,5-6,8H2,1H3,(H,16,17). The number of halogens is 1. The van der Waals surface area contributed by atoms with E-state index in [1.54, 1.807) is 6.07 Å². The molecule has 0 amide bonds. The molecule has 0 aromatic heterocycles. The Morgan fingerprint density at radius 3 is 2.78 bits per heavy atom. The number of carboxylic acid groups (broad SMARTS) is 1. The van der Waals surface area contributed by atoms with E-state index in [2.05, 4.69) is 5.32 Å². The van der Waals surface area contributed by atoms with Gasteiger partial charge in [0, 0.05) is 12.1 Å². The fourth-order valence-corrected chi connectivity index (χ4v) is 2.15. The largest absolute Gasteiger partial charge is 0.496 e. The number of aliphatic carboxylic acids is 1. The van der Waals surface area contributed by atoms with Crippen LogP contribution in [-0.4, -0.2) is 23.7 Å². The molecule has 0 bridgehead atoms. The second-order valence-corrected chi connectivity index (χ2v) is 4.55. The average Bonchev–Trinajstić information content (AvgIpc) is 2.27. The van der Waals surface area contributed by atoms with Crippen molar-refractivity contribution in [2.24, 2.45) is 0 Å². The van der Waals surface area contributed by atoms with E-state index in [0.717, 1.165) is 6.42 Å². The van der Waals surface area contributed by atoms with Crippen molar-refractivity contribution < 1.29 is 19.0 Å². The number of methoxy groups -OCH3 is 1. The van der Waals surface area contributed by atoms with Gasteiger partial charge < -0.3 is 9.84 Å². The highest BCUT2D eigenvalue weighted by atomic mass is 19.1. The van der Waals surface area contributed by atoms with E-state index in [1.807, 2.05) is 0 Å². The van der Waals surface area contributed by atoms with Gasteiger partial charge >= 0.3 is 5.97 Å². The Morgan fingerprint density at radius 2 is 2.28 bits per heavy atom. The summed E-state index contributed by atoms with van der Waals surface area (Å²) in [4.78, 5) is 11.2. The number of nitrogens with one attached hydrogen (secondary N) is 1. The Bertz CT molecular complexity index is 458. The summed E-state index contributed by atoms with van der Waals surface area (Å²) >= 11 is 0. The number of hydrogen-bond acceptors (Lipinski definition) is 3. The number of ether oxygens (including phenoxy) is 1. The predicted octanol–water partition coefficient (Wildman–Crippen LogP) is 1.93. The van der Waals surface area contributed by atoms with Crippen molar-refractivity contribution in [3.63, 3.8) is 0 Å². The molecule has 0 unspecified atom stereocenters. The van der Waals surface area contributed by atoms with Crippen molar-refractivity contribution in [3.8, 4) is 5.75 Å². The second-order valence-electron chi connectivity index (χ2n) is 4.55. The second kappa shape index (κ2) is 4.94. The van der Waals surface area contributed by atoms with Crippen LogP contribution < -0.4 is 10.1 Å². The number of carboxylic acids is 1. The number of carbonyl (C=O) groups is 1. The Hall–Kier alpha value is -1.62. The van der Waals surface area contributed by atoms with Gasteiger partial charge in [0.05, 0.1) is 7.11 Å². The van der Waals surface area contributed by atoms with Crippen LogP contribution in [0.4, 0.5) is 4.39 Å². The molecule has 0 spiro atoms. The van der Waals surface area contributed by atoms with Crippen LogP contribution in [0.15, 0.2) is 18.2 Å². The van der Waals surface area contributed by atoms with Crippen LogP contribution in [0, 0.1) is 5.82 Å². The smallest absolute Gasteiger partial charge is 0.323 e. The average molecular weight is 253 g/mol. The zero-order chi connectivity index (χ0) is 13.2. The van der Waals surface area contributed by atoms with E-state index in [9.17, 15) is 14.3 Å². The molecule has 1 saturated carbocycles. The molecule has 98 valence electrons. The molecular formula is C13H16FNO3. The van der Waals surface area contributed by atoms with Crippen molar-refractivity contribution in [3.05, 3.63) is 29.6 Å². The third-order valence-corrected chi connectivity index (χ3v) is 3.48. The van der Waals surface area contributed by atoms with Crippen LogP contribution in [0.5, 0.6) is 5.75 Å². The molecule has 1 fully saturated rings. The molecule has 1 aromatic rings. The lowest BCUT2D eigenvalue weighted by atomic mass is 9.76. The van der Waals surface area contributed by atoms with Gasteiger partial charge in [-0.3, -0.25) is 10.1 Å². The Kier molecular flexibility index (Phi) is 3.52. The summed E-state index contributed by atoms with van der Waals surface area (Å²) in [5.74, 6) is -0.640. The van der Waals surface area contributed by atoms with Crippen molar-refractivity contribution >= 4 is 5.97 Å². The highest BCUT2D eigenvalue weighted by Gasteiger charge is 2.43. The monoisotopic (exact) mass is 253 g/mol. The van der Waals surface area contributed by atoms with Crippen LogP contribution in [0.1, 0.15) is 24.8 Å². The van der Waals surface area contributed by atoms with Crippen molar-refractivity contribution in [1.29, 1.82) is 0 Å². The molecule has 1 aliphatic rings. The van der Waals surface area contributed by atoms with Crippen LogP contribution in [0.2, 0.25) is 0 Å². The lowest BCUT2D eigenvalue weighted by molar-refractivity contribution is -0.148. The minimum atomic E-state index is -0.850. The molecule has 1 aromatic carbocycles. The quantitative estimate of drug-likeness (QED) is 0.841. The minimum absolute atomic E-state index is 0.285. The maximum absolute atomic E-state index is 13.2. The third-order valence-electron chi connectivity index (χ3n) is 3.48. The normalized spacial score (nSPS) is 17.0. The third kappa shape index (κ3) is 2.31. The van der Waals surface area contributed by atoms with Gasteiger partial charge in [-0.15, -0.1) is 0 Å². The summed E-state index contributed by atoms with van der Waals surface area (Å²) in [6, 6.07) is 4.22. The molecule has 0 atom stereocenters. The Morgan fingerprint density at radius 1 is 1.56 bits per heavy atom. The van der Waals surface area contributed by atoms with Gasteiger partial charge in [0.1, 0.15) is 17.1 Å². The highest BCUT2D eigenvalue weighted by molar-refractivity contribution is 5.80. The molecule has 2 N–H and O–H groups in total. The van der Waals surface area contributed by atoms with Gasteiger partial charge in [0.2, 0.25) is 0 Å². The number of hydrogen-bond donors (Lipinski definition) is 2. The molecular weight excluding hydrogens is 237 g/mol. The molecule has 0 aliphatic heterocycles. The zero-order valence-corrected chi connectivity index (χ0v) is 10.2. The van der Waals surface area contributed by atoms with E-state index in [1.165, 1.54) is 19.2 Å². The lowest BCUT2D eigenvalue weighted by Gasteiger charge is -2.38. The molecule has 2 rings (SSSR count). The SMILES string of the molecule is COc1ccc(F)cc1CNC1(C(=O)O)CCC1. The maximum atomic E-state index is 13.2. The van der Waals surface area contributed by atoms with E-state index in [-0.39, 0.29) is 12.4 Å². The summed E-state index contributed by atoms with van der Waals surface area (Å²) in [5, 5.41) is 12.2. The van der Waals surface area contributed by atoms with Gasteiger partial charge in [0.15, 0.2) is 0 Å². The fraction of sp³-hybridized carbons (Fsp3) is 0.462. The molecule has 0 saturated heterocycles. The first-order valence-corrected chi connectivity index (χ1v) is 5.88. The first kappa shape index (κ1) is 12.8. The summed E-state index contributed by atoms with van der Waals surface area (Å²) in [6.45, 7) is 0.285. The van der Waals surface area contributed by atoms with E-state index in [4.69, 9.17) is 4.74 Å². The molecule has 0 radical (unpaired) electrons. The lowest BCUT2D eigenvalue weighted by Crippen LogP contribution is -2.56. The number of rotatable bonds is 5. The van der Waals surface area contributed by atoms with Gasteiger partial charge in [-0.25, -0.2) is 4.39 Å². The van der Waals surface area contributed by atoms with Crippen LogP contribution in [0.25, 0.3) is 0 Å². The topological polar surface area (TPSA) is 58.6 Å². The van der Waals surface area contributed by atoms with Crippen molar-refractivity contribution in [2.45, 2.75) is 31.3 Å². The van der Waals surface area contributed by atoms with Gasteiger partial charge in [-0.1, -0.05) is 0 Å². The summed E-state index contributed by atoms with van der Waals surface area (Å²) < 4.78 is 18.3. The van der Waals surface area contributed by atoms with Crippen LogP contribution in [0.3, 0.4) is 0 Å². The Balaban J connectivity index is 2.10. The van der Waals surface area contributed by atoms with Crippen molar-refractivity contribution in [1.82, 2.24) is 5.32 Å². The van der Waals surface area contributed by atoms with Gasteiger partial charge in [-0.2, -0.15) is 0 Å². The molecule has 1 aliphatic carbocycles. The predicted molar refractivity (Wildman–Crippen MR) is 64.0 cm³/mol. The first-order valence-electron chi connectivity index (χ1n) is 5.88. The molecule has 5 heteroatoms. The summed E-state index contributed by atoms with van der Waals surface area (Å²) in [5.41, 5.74) is -0.220. The first-order chi connectivity index (χ1) is 8.57. The molecule has 18 heavy (non-hydrogen) atoms. The van der Waals surface area contributed by atoms with Crippen molar-refractivity contribution in [2.75, 3.05) is 7.11 Å². The van der Waals surface area contributed by atoms with E-state index < -0.39 is 11.5 Å². The number of benzene rings is 1. The molecule has 4 nitrogen and oxygen atoms in total. The molecule has 0 heterocycles. The minimum Gasteiger partial charge on any atom is -0.496 e. The van der Waals surface area contributed by atoms with Gasteiger partial charge in [-0.05, 0) is 37.5 Å². The summed E-state index contributed by atoms with van der Waals surface area (Å²) in [7, 11) is 1.51. The highest BCUT2D eigenvalue weighted by Crippen LogP contribution is 2.33. The Labute approximate surface area is 105 Å². The van der Waals surface area contributed by atoms with E-state index >= 15 is 0 Å². The van der Waals surface area contributed by atoms with Crippen LogP contribution in [-0.2, 0) is 11.3 Å². The van der Waals surface area contributed by atoms with E-state index in [0.29, 0.717) is 24.2 Å². The van der Waals surface area contributed by atoms with Crippen LogP contribution >= 0.6 is 0 Å².